The molecule has 0 aliphatic rings. The van der Waals surface area contributed by atoms with Gasteiger partial charge in [-0.3, -0.25) is 0 Å². The number of nitrogens with one attached hydrogen (secondary N) is 1. The molecule has 19 heavy (non-hydrogen) atoms. The second-order valence-electron chi connectivity index (χ2n) is 3.60. The summed E-state index contributed by atoms with van der Waals surface area (Å²) in [6, 6.07) is 4.38. The fraction of sp³-hybridized carbons (Fsp3) is 0.364. The molecule has 5 nitrogen and oxygen atoms in total. The SMILES string of the molecule is CCOCCNS(=O)(=O)c1cc(C(N)=S)ccc1Cl. The summed E-state index contributed by atoms with van der Waals surface area (Å²) in [5.74, 6) is 0. The molecule has 0 radical (unpaired) electrons. The number of rotatable bonds is 7. The molecule has 1 rings (SSSR count). The van der Waals surface area contributed by atoms with Crippen LogP contribution in [0.25, 0.3) is 0 Å². The third-order valence-corrected chi connectivity index (χ3v) is 4.43. The first-order chi connectivity index (χ1) is 8.88. The third kappa shape index (κ3) is 4.70. The number of sulfonamides is 1. The molecule has 0 bridgehead atoms. The number of thiocarbonyl (C=S) groups is 1. The Morgan fingerprint density at radius 1 is 1.53 bits per heavy atom. The number of nitrogens with two attached hydrogens (primary N) is 1. The second kappa shape index (κ2) is 7.16. The van der Waals surface area contributed by atoms with Crippen LogP contribution in [0.15, 0.2) is 23.1 Å². The minimum Gasteiger partial charge on any atom is -0.389 e. The van der Waals surface area contributed by atoms with Gasteiger partial charge in [0.2, 0.25) is 10.0 Å². The van der Waals surface area contributed by atoms with E-state index in [0.29, 0.717) is 18.8 Å². The molecular weight excluding hydrogens is 308 g/mol. The van der Waals surface area contributed by atoms with Crippen LogP contribution in [0, 0.1) is 0 Å². The molecule has 106 valence electrons. The fourth-order valence-electron chi connectivity index (χ4n) is 1.33. The Balaban J connectivity index is 2.94. The minimum absolute atomic E-state index is 0.0454. The highest BCUT2D eigenvalue weighted by atomic mass is 35.5. The molecule has 0 amide bonds. The maximum absolute atomic E-state index is 12.1. The molecule has 0 atom stereocenters. The van der Waals surface area contributed by atoms with Crippen LogP contribution in [-0.4, -0.2) is 33.2 Å². The number of hydrogen-bond donors (Lipinski definition) is 2. The molecule has 3 N–H and O–H groups in total. The predicted molar refractivity (Wildman–Crippen MR) is 79.0 cm³/mol. The molecule has 0 heterocycles. The number of benzene rings is 1. The molecule has 0 unspecified atom stereocenters. The fourth-order valence-corrected chi connectivity index (χ4v) is 3.00. The van der Waals surface area contributed by atoms with Gasteiger partial charge in [0.15, 0.2) is 0 Å². The standard InChI is InChI=1S/C11H15ClN2O3S2/c1-2-17-6-5-14-19(15,16)10-7-8(11(13)18)3-4-9(10)12/h3-4,7,14H,2,5-6H2,1H3,(H2,13,18). The molecule has 0 aliphatic carbocycles. The van der Waals surface area contributed by atoms with E-state index >= 15 is 0 Å². The highest BCUT2D eigenvalue weighted by molar-refractivity contribution is 7.89. The maximum Gasteiger partial charge on any atom is 0.242 e. The number of ether oxygens (including phenoxy) is 1. The normalized spacial score (nSPS) is 11.5. The molecule has 0 aliphatic heterocycles. The summed E-state index contributed by atoms with van der Waals surface area (Å²) in [4.78, 5) is 0.0680. The van der Waals surface area contributed by atoms with Crippen LogP contribution in [-0.2, 0) is 14.8 Å². The van der Waals surface area contributed by atoms with E-state index in [4.69, 9.17) is 34.3 Å². The van der Waals surface area contributed by atoms with Crippen molar-refractivity contribution in [2.45, 2.75) is 11.8 Å². The molecule has 0 saturated heterocycles. The molecule has 0 saturated carbocycles. The average molecular weight is 323 g/mol. The van der Waals surface area contributed by atoms with E-state index in [-0.39, 0.29) is 21.5 Å². The predicted octanol–water partition coefficient (Wildman–Crippen LogP) is 1.29. The first kappa shape index (κ1) is 16.3. The van der Waals surface area contributed by atoms with Gasteiger partial charge in [-0.15, -0.1) is 0 Å². The minimum atomic E-state index is -3.70. The summed E-state index contributed by atoms with van der Waals surface area (Å²) in [6.07, 6.45) is 0. The topological polar surface area (TPSA) is 81.4 Å². The molecule has 1 aromatic rings. The Bertz CT molecular complexity index is 561. The van der Waals surface area contributed by atoms with Crippen molar-refractivity contribution in [2.75, 3.05) is 19.8 Å². The monoisotopic (exact) mass is 322 g/mol. The van der Waals surface area contributed by atoms with Gasteiger partial charge in [-0.25, -0.2) is 13.1 Å². The van der Waals surface area contributed by atoms with E-state index in [0.717, 1.165) is 0 Å². The lowest BCUT2D eigenvalue weighted by Gasteiger charge is -2.09. The van der Waals surface area contributed by atoms with Gasteiger partial charge in [-0.05, 0) is 19.1 Å². The summed E-state index contributed by atoms with van der Waals surface area (Å²) in [5, 5.41) is 0.115. The van der Waals surface area contributed by atoms with Crippen LogP contribution in [0.3, 0.4) is 0 Å². The molecule has 0 spiro atoms. The van der Waals surface area contributed by atoms with Crippen LogP contribution in [0.4, 0.5) is 0 Å². The lowest BCUT2D eigenvalue weighted by atomic mass is 10.2. The highest BCUT2D eigenvalue weighted by Crippen LogP contribution is 2.22. The maximum atomic E-state index is 12.1. The second-order valence-corrected chi connectivity index (χ2v) is 6.19. The summed E-state index contributed by atoms with van der Waals surface area (Å²) in [5.41, 5.74) is 5.92. The van der Waals surface area contributed by atoms with Crippen molar-refractivity contribution in [3.63, 3.8) is 0 Å². The highest BCUT2D eigenvalue weighted by Gasteiger charge is 2.18. The quantitative estimate of drug-likeness (QED) is 0.584. The molecular formula is C11H15ClN2O3S2. The lowest BCUT2D eigenvalue weighted by Crippen LogP contribution is -2.28. The van der Waals surface area contributed by atoms with E-state index < -0.39 is 10.0 Å². The summed E-state index contributed by atoms with van der Waals surface area (Å²) < 4.78 is 31.6. The van der Waals surface area contributed by atoms with Crippen LogP contribution >= 0.6 is 23.8 Å². The van der Waals surface area contributed by atoms with Crippen LogP contribution in [0.2, 0.25) is 5.02 Å². The van der Waals surface area contributed by atoms with Crippen molar-refractivity contribution >= 4 is 38.8 Å². The summed E-state index contributed by atoms with van der Waals surface area (Å²) in [6.45, 7) is 2.82. The molecule has 0 fully saturated rings. The van der Waals surface area contributed by atoms with E-state index in [9.17, 15) is 8.42 Å². The van der Waals surface area contributed by atoms with Crippen molar-refractivity contribution < 1.29 is 13.2 Å². The molecule has 1 aromatic carbocycles. The van der Waals surface area contributed by atoms with Crippen LogP contribution in [0.5, 0.6) is 0 Å². The van der Waals surface area contributed by atoms with Crippen LogP contribution in [0.1, 0.15) is 12.5 Å². The summed E-state index contributed by atoms with van der Waals surface area (Å²) in [7, 11) is -3.70. The first-order valence-corrected chi connectivity index (χ1v) is 7.82. The van der Waals surface area contributed by atoms with Gasteiger partial charge >= 0.3 is 0 Å². The molecule has 0 aromatic heterocycles. The lowest BCUT2D eigenvalue weighted by molar-refractivity contribution is 0.153. The van der Waals surface area contributed by atoms with E-state index in [1.807, 2.05) is 6.92 Å². The van der Waals surface area contributed by atoms with Crippen molar-refractivity contribution in [3.05, 3.63) is 28.8 Å². The zero-order valence-electron chi connectivity index (χ0n) is 10.3. The van der Waals surface area contributed by atoms with Crippen molar-refractivity contribution in [3.8, 4) is 0 Å². The van der Waals surface area contributed by atoms with E-state index in [2.05, 4.69) is 4.72 Å². The van der Waals surface area contributed by atoms with Gasteiger partial charge in [0.25, 0.3) is 0 Å². The van der Waals surface area contributed by atoms with Crippen molar-refractivity contribution in [1.29, 1.82) is 0 Å². The van der Waals surface area contributed by atoms with Crippen LogP contribution < -0.4 is 10.5 Å². The Morgan fingerprint density at radius 3 is 2.79 bits per heavy atom. The first-order valence-electron chi connectivity index (χ1n) is 5.55. The van der Waals surface area contributed by atoms with Gasteiger partial charge in [0.1, 0.15) is 9.88 Å². The van der Waals surface area contributed by atoms with Gasteiger partial charge in [-0.1, -0.05) is 29.9 Å². The van der Waals surface area contributed by atoms with Gasteiger partial charge in [0.05, 0.1) is 11.6 Å². The van der Waals surface area contributed by atoms with Gasteiger partial charge in [0, 0.05) is 18.7 Å². The largest absolute Gasteiger partial charge is 0.389 e. The Labute approximate surface area is 123 Å². The smallest absolute Gasteiger partial charge is 0.242 e. The Morgan fingerprint density at radius 2 is 2.21 bits per heavy atom. The van der Waals surface area contributed by atoms with Gasteiger partial charge in [-0.2, -0.15) is 0 Å². The average Bonchev–Trinajstić information content (AvgIpc) is 2.34. The summed E-state index contributed by atoms with van der Waals surface area (Å²) >= 11 is 10.7. The van der Waals surface area contributed by atoms with Crippen molar-refractivity contribution in [2.24, 2.45) is 5.73 Å². The number of hydrogen-bond acceptors (Lipinski definition) is 4. The zero-order valence-corrected chi connectivity index (χ0v) is 12.7. The number of halogens is 1. The van der Waals surface area contributed by atoms with E-state index in [1.54, 1.807) is 6.07 Å². The Hall–Kier alpha value is -0.730. The van der Waals surface area contributed by atoms with Crippen molar-refractivity contribution in [1.82, 2.24) is 4.72 Å². The third-order valence-electron chi connectivity index (χ3n) is 2.25. The van der Waals surface area contributed by atoms with Gasteiger partial charge < -0.3 is 10.5 Å². The molecule has 8 heteroatoms. The van der Waals surface area contributed by atoms with E-state index in [1.165, 1.54) is 12.1 Å². The Kier molecular flexibility index (Phi) is 6.15. The zero-order chi connectivity index (χ0) is 14.5.